The normalized spacial score (nSPS) is 13.4. The predicted octanol–water partition coefficient (Wildman–Crippen LogP) is 2.58. The number of hydrazone groups is 1. The second-order valence-corrected chi connectivity index (χ2v) is 6.40. The zero-order chi connectivity index (χ0) is 19.1. The highest BCUT2D eigenvalue weighted by Crippen LogP contribution is 2.15. The molecule has 0 bridgehead atoms. The van der Waals surface area contributed by atoms with E-state index in [-0.39, 0.29) is 31.3 Å². The number of carbonyl (C=O) groups is 2. The minimum absolute atomic E-state index is 0.0960. The van der Waals surface area contributed by atoms with Crippen LogP contribution in [0.25, 0.3) is 0 Å². The van der Waals surface area contributed by atoms with Crippen LogP contribution in [0.4, 0.5) is 5.69 Å². The summed E-state index contributed by atoms with van der Waals surface area (Å²) in [5.74, 6) is -0.348. The number of anilines is 1. The van der Waals surface area contributed by atoms with Gasteiger partial charge in [-0.2, -0.15) is 5.10 Å². The van der Waals surface area contributed by atoms with Gasteiger partial charge in [-0.15, -0.1) is 0 Å². The molecule has 0 atom stereocenters. The molecular weight excluding hydrogens is 342 g/mol. The molecule has 0 unspecified atom stereocenters. The first kappa shape index (κ1) is 18.8. The fourth-order valence-corrected chi connectivity index (χ4v) is 2.93. The molecule has 0 aliphatic carbocycles. The maximum atomic E-state index is 12.3. The summed E-state index contributed by atoms with van der Waals surface area (Å²) in [4.78, 5) is 24.4. The van der Waals surface area contributed by atoms with E-state index in [1.54, 1.807) is 12.1 Å². The van der Waals surface area contributed by atoms with E-state index in [1.807, 2.05) is 42.5 Å². The van der Waals surface area contributed by atoms with E-state index in [2.05, 4.69) is 10.4 Å². The molecule has 0 spiro atoms. The minimum atomic E-state index is -0.204. The number of nitrogens with one attached hydrogen (secondary N) is 1. The third kappa shape index (κ3) is 5.24. The fourth-order valence-electron chi connectivity index (χ4n) is 2.93. The third-order valence-corrected chi connectivity index (χ3v) is 4.40. The predicted molar refractivity (Wildman–Crippen MR) is 104 cm³/mol. The SMILES string of the molecule is O=C(CCC(=O)N1CCC(c2ccccc2)=N1)Nc1ccc(CCO)cc1. The molecule has 6 heteroatoms. The summed E-state index contributed by atoms with van der Waals surface area (Å²) in [7, 11) is 0. The quantitative estimate of drug-likeness (QED) is 0.791. The van der Waals surface area contributed by atoms with E-state index in [9.17, 15) is 9.59 Å². The van der Waals surface area contributed by atoms with Crippen LogP contribution in [0, 0.1) is 0 Å². The van der Waals surface area contributed by atoms with Crippen molar-refractivity contribution >= 4 is 23.2 Å². The molecule has 2 aromatic carbocycles. The van der Waals surface area contributed by atoms with Gasteiger partial charge in [0.15, 0.2) is 0 Å². The van der Waals surface area contributed by atoms with Crippen LogP contribution in [0.5, 0.6) is 0 Å². The van der Waals surface area contributed by atoms with Crippen molar-refractivity contribution in [2.24, 2.45) is 5.10 Å². The van der Waals surface area contributed by atoms with Gasteiger partial charge in [-0.3, -0.25) is 9.59 Å². The first-order valence-corrected chi connectivity index (χ1v) is 9.08. The van der Waals surface area contributed by atoms with Gasteiger partial charge in [0.05, 0.1) is 12.3 Å². The molecule has 27 heavy (non-hydrogen) atoms. The lowest BCUT2D eigenvalue weighted by Gasteiger charge is -2.11. The zero-order valence-corrected chi connectivity index (χ0v) is 15.1. The third-order valence-electron chi connectivity index (χ3n) is 4.40. The van der Waals surface area contributed by atoms with Crippen molar-refractivity contribution in [2.45, 2.75) is 25.7 Å². The molecule has 2 N–H and O–H groups in total. The number of aliphatic hydroxyl groups excluding tert-OH is 1. The summed E-state index contributed by atoms with van der Waals surface area (Å²) in [6.45, 7) is 0.649. The summed E-state index contributed by atoms with van der Waals surface area (Å²) >= 11 is 0. The first-order chi connectivity index (χ1) is 13.2. The maximum absolute atomic E-state index is 12.3. The van der Waals surface area contributed by atoms with Crippen LogP contribution in [0.1, 0.15) is 30.4 Å². The number of benzene rings is 2. The molecule has 0 saturated carbocycles. The monoisotopic (exact) mass is 365 g/mol. The average Bonchev–Trinajstić information content (AvgIpc) is 3.19. The van der Waals surface area contributed by atoms with E-state index in [0.29, 0.717) is 18.7 Å². The fraction of sp³-hybridized carbons (Fsp3) is 0.286. The van der Waals surface area contributed by atoms with E-state index in [4.69, 9.17) is 5.11 Å². The number of carbonyl (C=O) groups excluding carboxylic acids is 2. The Labute approximate surface area is 158 Å². The first-order valence-electron chi connectivity index (χ1n) is 9.08. The Bertz CT molecular complexity index is 816. The van der Waals surface area contributed by atoms with Crippen molar-refractivity contribution < 1.29 is 14.7 Å². The molecule has 2 amide bonds. The lowest BCUT2D eigenvalue weighted by atomic mass is 10.1. The van der Waals surface area contributed by atoms with Crippen molar-refractivity contribution in [2.75, 3.05) is 18.5 Å². The Morgan fingerprint density at radius 2 is 1.78 bits per heavy atom. The van der Waals surface area contributed by atoms with Gasteiger partial charge in [-0.1, -0.05) is 42.5 Å². The Morgan fingerprint density at radius 3 is 2.48 bits per heavy atom. The highest BCUT2D eigenvalue weighted by atomic mass is 16.3. The largest absolute Gasteiger partial charge is 0.396 e. The Balaban J connectivity index is 1.47. The maximum Gasteiger partial charge on any atom is 0.243 e. The van der Waals surface area contributed by atoms with Crippen LogP contribution in [-0.4, -0.2) is 40.8 Å². The van der Waals surface area contributed by atoms with Crippen LogP contribution in [0.15, 0.2) is 59.7 Å². The van der Waals surface area contributed by atoms with E-state index < -0.39 is 0 Å². The zero-order valence-electron chi connectivity index (χ0n) is 15.1. The van der Waals surface area contributed by atoms with Crippen LogP contribution in [-0.2, 0) is 16.0 Å². The van der Waals surface area contributed by atoms with Gasteiger partial charge in [0.25, 0.3) is 0 Å². The molecule has 1 heterocycles. The molecule has 0 fully saturated rings. The summed E-state index contributed by atoms with van der Waals surface area (Å²) in [6.07, 6.45) is 1.55. The van der Waals surface area contributed by atoms with Crippen molar-refractivity contribution in [3.8, 4) is 0 Å². The highest BCUT2D eigenvalue weighted by molar-refractivity contribution is 6.02. The number of hydrogen-bond donors (Lipinski definition) is 2. The van der Waals surface area contributed by atoms with Gasteiger partial charge in [0.2, 0.25) is 11.8 Å². The second kappa shape index (κ2) is 9.09. The van der Waals surface area contributed by atoms with E-state index in [0.717, 1.165) is 23.3 Å². The molecule has 140 valence electrons. The molecule has 0 aromatic heterocycles. The lowest BCUT2D eigenvalue weighted by Crippen LogP contribution is -2.24. The summed E-state index contributed by atoms with van der Waals surface area (Å²) in [5.41, 5.74) is 3.61. The van der Waals surface area contributed by atoms with Crippen molar-refractivity contribution in [3.05, 3.63) is 65.7 Å². The Kier molecular flexibility index (Phi) is 6.33. The summed E-state index contributed by atoms with van der Waals surface area (Å²) in [5, 5.41) is 17.5. The Morgan fingerprint density at radius 1 is 1.04 bits per heavy atom. The molecule has 1 aliphatic heterocycles. The Hall–Kier alpha value is -2.99. The molecule has 3 rings (SSSR count). The smallest absolute Gasteiger partial charge is 0.243 e. The average molecular weight is 365 g/mol. The van der Waals surface area contributed by atoms with Gasteiger partial charge in [-0.05, 0) is 29.7 Å². The molecular formula is C21H23N3O3. The van der Waals surface area contributed by atoms with Gasteiger partial charge in [0.1, 0.15) is 0 Å². The summed E-state index contributed by atoms with van der Waals surface area (Å²) < 4.78 is 0. The van der Waals surface area contributed by atoms with Crippen LogP contribution < -0.4 is 5.32 Å². The number of amides is 2. The standard InChI is InChI=1S/C21H23N3O3/c25-15-13-16-6-8-18(9-7-16)22-20(26)10-11-21(27)24-14-12-19(23-24)17-4-2-1-3-5-17/h1-9,25H,10-15H2,(H,22,26). The van der Waals surface area contributed by atoms with E-state index in [1.165, 1.54) is 5.01 Å². The molecule has 1 aliphatic rings. The topological polar surface area (TPSA) is 82.0 Å². The van der Waals surface area contributed by atoms with Gasteiger partial charge >= 0.3 is 0 Å². The van der Waals surface area contributed by atoms with Crippen molar-refractivity contribution in [1.29, 1.82) is 0 Å². The number of aliphatic hydroxyl groups is 1. The van der Waals surface area contributed by atoms with Gasteiger partial charge in [-0.25, -0.2) is 5.01 Å². The highest BCUT2D eigenvalue weighted by Gasteiger charge is 2.21. The molecule has 0 radical (unpaired) electrons. The van der Waals surface area contributed by atoms with Crippen LogP contribution in [0.2, 0.25) is 0 Å². The van der Waals surface area contributed by atoms with Crippen LogP contribution in [0.3, 0.4) is 0 Å². The van der Waals surface area contributed by atoms with Gasteiger partial charge in [0, 0.05) is 31.6 Å². The number of hydrogen-bond acceptors (Lipinski definition) is 4. The minimum Gasteiger partial charge on any atom is -0.396 e. The van der Waals surface area contributed by atoms with Crippen molar-refractivity contribution in [1.82, 2.24) is 5.01 Å². The molecule has 6 nitrogen and oxygen atoms in total. The number of nitrogens with zero attached hydrogens (tertiary/aromatic N) is 2. The van der Waals surface area contributed by atoms with Crippen LogP contribution >= 0.6 is 0 Å². The van der Waals surface area contributed by atoms with E-state index >= 15 is 0 Å². The second-order valence-electron chi connectivity index (χ2n) is 6.40. The number of rotatable bonds is 7. The molecule has 0 saturated heterocycles. The molecule has 2 aromatic rings. The summed E-state index contributed by atoms with van der Waals surface area (Å²) in [6, 6.07) is 17.1. The van der Waals surface area contributed by atoms with Crippen molar-refractivity contribution in [3.63, 3.8) is 0 Å². The van der Waals surface area contributed by atoms with Gasteiger partial charge < -0.3 is 10.4 Å². The lowest BCUT2D eigenvalue weighted by molar-refractivity contribution is -0.132.